The number of ether oxygens (including phenoxy) is 1. The highest BCUT2D eigenvalue weighted by Crippen LogP contribution is 2.26. The lowest BCUT2D eigenvalue weighted by molar-refractivity contribution is -0.116. The monoisotopic (exact) mass is 250 g/mol. The summed E-state index contributed by atoms with van der Waals surface area (Å²) in [6, 6.07) is 4.87. The minimum Gasteiger partial charge on any atom is -0.504 e. The van der Waals surface area contributed by atoms with Crippen LogP contribution in [0.3, 0.4) is 0 Å². The third-order valence-electron chi connectivity index (χ3n) is 2.31. The van der Waals surface area contributed by atoms with Crippen LogP contribution in [0.1, 0.15) is 12.0 Å². The maximum atomic E-state index is 11.4. The summed E-state index contributed by atoms with van der Waals surface area (Å²) in [7, 11) is 1.47. The van der Waals surface area contributed by atoms with Crippen LogP contribution in [0.25, 0.3) is 6.08 Å². The number of nitrogens with two attached hydrogens (primary N) is 1. The molecule has 5 nitrogen and oxygen atoms in total. The molecule has 18 heavy (non-hydrogen) atoms. The zero-order chi connectivity index (χ0) is 13.4. The fraction of sp³-hybridized carbons (Fsp3) is 0.308. The third-order valence-corrected chi connectivity index (χ3v) is 2.31. The minimum absolute atomic E-state index is 0.0713. The number of carbonyl (C=O) groups excluding carboxylic acids is 1. The Morgan fingerprint density at radius 3 is 3.00 bits per heavy atom. The van der Waals surface area contributed by atoms with Gasteiger partial charge in [0.1, 0.15) is 0 Å². The maximum Gasteiger partial charge on any atom is 0.243 e. The summed E-state index contributed by atoms with van der Waals surface area (Å²) in [5.74, 6) is 0.276. The predicted octanol–water partition coefficient (Wildman–Crippen LogP) is 0.879. The quantitative estimate of drug-likeness (QED) is 0.517. The number of phenols is 1. The van der Waals surface area contributed by atoms with Crippen LogP contribution >= 0.6 is 0 Å². The largest absolute Gasteiger partial charge is 0.504 e. The Hall–Kier alpha value is -2.01. The number of hydrogen-bond acceptors (Lipinski definition) is 4. The summed E-state index contributed by atoms with van der Waals surface area (Å²) >= 11 is 0. The van der Waals surface area contributed by atoms with Gasteiger partial charge in [0.25, 0.3) is 0 Å². The van der Waals surface area contributed by atoms with E-state index in [9.17, 15) is 9.90 Å². The van der Waals surface area contributed by atoms with E-state index in [1.165, 1.54) is 19.3 Å². The molecule has 0 bridgehead atoms. The number of amides is 1. The molecule has 0 atom stereocenters. The SMILES string of the molecule is COc1cc(C=CC(=O)NCCCN)ccc1O. The third kappa shape index (κ3) is 4.47. The summed E-state index contributed by atoms with van der Waals surface area (Å²) in [6.07, 6.45) is 3.84. The molecule has 0 saturated carbocycles. The van der Waals surface area contributed by atoms with E-state index >= 15 is 0 Å². The van der Waals surface area contributed by atoms with Crippen LogP contribution in [0, 0.1) is 0 Å². The Kier molecular flexibility index (Phi) is 5.73. The molecule has 1 aromatic rings. The Labute approximate surface area is 106 Å². The molecule has 0 unspecified atom stereocenters. The molecule has 0 radical (unpaired) electrons. The fourth-order valence-electron chi connectivity index (χ4n) is 1.34. The first kappa shape index (κ1) is 14.1. The molecule has 1 aromatic carbocycles. The van der Waals surface area contributed by atoms with Crippen LogP contribution in [0.15, 0.2) is 24.3 Å². The van der Waals surface area contributed by atoms with Crippen molar-refractivity contribution in [1.82, 2.24) is 5.32 Å². The van der Waals surface area contributed by atoms with Crippen molar-refractivity contribution >= 4 is 12.0 Å². The Balaban J connectivity index is 2.58. The second-order valence-corrected chi connectivity index (χ2v) is 3.70. The summed E-state index contributed by atoms with van der Waals surface area (Å²) in [4.78, 5) is 11.4. The topological polar surface area (TPSA) is 84.6 Å². The average Bonchev–Trinajstić information content (AvgIpc) is 2.38. The highest BCUT2D eigenvalue weighted by Gasteiger charge is 2.01. The summed E-state index contributed by atoms with van der Waals surface area (Å²) in [5.41, 5.74) is 6.10. The van der Waals surface area contributed by atoms with Crippen molar-refractivity contribution in [1.29, 1.82) is 0 Å². The van der Waals surface area contributed by atoms with Crippen molar-refractivity contribution in [3.05, 3.63) is 29.8 Å². The summed E-state index contributed by atoms with van der Waals surface area (Å²) in [6.45, 7) is 1.12. The number of rotatable bonds is 6. The number of methoxy groups -OCH3 is 1. The van der Waals surface area contributed by atoms with E-state index < -0.39 is 0 Å². The van der Waals surface area contributed by atoms with Crippen LogP contribution in [-0.2, 0) is 4.79 Å². The molecule has 0 heterocycles. The van der Waals surface area contributed by atoms with E-state index in [0.29, 0.717) is 18.8 Å². The second-order valence-electron chi connectivity index (χ2n) is 3.70. The van der Waals surface area contributed by atoms with E-state index in [1.807, 2.05) is 0 Å². The molecule has 4 N–H and O–H groups in total. The minimum atomic E-state index is -0.171. The fourth-order valence-corrected chi connectivity index (χ4v) is 1.34. The van der Waals surface area contributed by atoms with Crippen molar-refractivity contribution in [2.24, 2.45) is 5.73 Å². The normalized spacial score (nSPS) is 10.6. The average molecular weight is 250 g/mol. The van der Waals surface area contributed by atoms with Gasteiger partial charge in [0, 0.05) is 12.6 Å². The van der Waals surface area contributed by atoms with E-state index in [-0.39, 0.29) is 11.7 Å². The number of phenolic OH excluding ortho intramolecular Hbond substituents is 1. The first-order chi connectivity index (χ1) is 8.67. The molecular weight excluding hydrogens is 232 g/mol. The van der Waals surface area contributed by atoms with Crippen LogP contribution in [0.5, 0.6) is 11.5 Å². The smallest absolute Gasteiger partial charge is 0.243 e. The standard InChI is InChI=1S/C13H18N2O3/c1-18-12-9-10(3-5-11(12)16)4-6-13(17)15-8-2-7-14/h3-6,9,16H,2,7-8,14H2,1H3,(H,15,17). The van der Waals surface area contributed by atoms with Gasteiger partial charge in [0.05, 0.1) is 7.11 Å². The zero-order valence-corrected chi connectivity index (χ0v) is 10.3. The number of nitrogens with one attached hydrogen (secondary N) is 1. The van der Waals surface area contributed by atoms with Crippen molar-refractivity contribution in [2.45, 2.75) is 6.42 Å². The van der Waals surface area contributed by atoms with Gasteiger partial charge in [-0.2, -0.15) is 0 Å². The highest BCUT2D eigenvalue weighted by atomic mass is 16.5. The van der Waals surface area contributed by atoms with Crippen LogP contribution in [0.2, 0.25) is 0 Å². The zero-order valence-electron chi connectivity index (χ0n) is 10.3. The van der Waals surface area contributed by atoms with Crippen LogP contribution < -0.4 is 15.8 Å². The highest BCUT2D eigenvalue weighted by molar-refractivity contribution is 5.91. The molecule has 0 aliphatic carbocycles. The van der Waals surface area contributed by atoms with Gasteiger partial charge in [-0.15, -0.1) is 0 Å². The van der Waals surface area contributed by atoms with Crippen molar-refractivity contribution < 1.29 is 14.6 Å². The molecule has 1 rings (SSSR count). The van der Waals surface area contributed by atoms with Crippen molar-refractivity contribution in [2.75, 3.05) is 20.2 Å². The number of benzene rings is 1. The molecule has 0 saturated heterocycles. The summed E-state index contributed by atoms with van der Waals surface area (Å²) in [5, 5.41) is 12.1. The van der Waals surface area contributed by atoms with Gasteiger partial charge in [-0.3, -0.25) is 4.79 Å². The molecule has 5 heteroatoms. The summed E-state index contributed by atoms with van der Waals surface area (Å²) < 4.78 is 4.97. The van der Waals surface area contributed by atoms with Crippen LogP contribution in [0.4, 0.5) is 0 Å². The van der Waals surface area contributed by atoms with E-state index in [4.69, 9.17) is 10.5 Å². The van der Waals surface area contributed by atoms with E-state index in [2.05, 4.69) is 5.32 Å². The van der Waals surface area contributed by atoms with Gasteiger partial charge in [0.15, 0.2) is 11.5 Å². The second kappa shape index (κ2) is 7.34. The Bertz CT molecular complexity index is 430. The van der Waals surface area contributed by atoms with E-state index in [1.54, 1.807) is 18.2 Å². The number of aromatic hydroxyl groups is 1. The van der Waals surface area contributed by atoms with Crippen LogP contribution in [-0.4, -0.2) is 31.2 Å². The molecule has 98 valence electrons. The van der Waals surface area contributed by atoms with Crippen molar-refractivity contribution in [3.63, 3.8) is 0 Å². The lowest BCUT2D eigenvalue weighted by Crippen LogP contribution is -2.23. The lowest BCUT2D eigenvalue weighted by Gasteiger charge is -2.03. The lowest BCUT2D eigenvalue weighted by atomic mass is 10.2. The van der Waals surface area contributed by atoms with Gasteiger partial charge in [-0.05, 0) is 36.7 Å². The molecule has 0 aliphatic heterocycles. The molecule has 0 aromatic heterocycles. The predicted molar refractivity (Wildman–Crippen MR) is 70.4 cm³/mol. The molecule has 0 aliphatic rings. The molecule has 0 fully saturated rings. The molecular formula is C13H18N2O3. The van der Waals surface area contributed by atoms with E-state index in [0.717, 1.165) is 12.0 Å². The van der Waals surface area contributed by atoms with Gasteiger partial charge < -0.3 is 20.9 Å². The van der Waals surface area contributed by atoms with Gasteiger partial charge in [0.2, 0.25) is 5.91 Å². The van der Waals surface area contributed by atoms with Gasteiger partial charge in [-0.1, -0.05) is 6.07 Å². The first-order valence-corrected chi connectivity index (χ1v) is 5.70. The Morgan fingerprint density at radius 2 is 2.33 bits per heavy atom. The maximum absolute atomic E-state index is 11.4. The number of hydrogen-bond donors (Lipinski definition) is 3. The number of carbonyl (C=O) groups is 1. The first-order valence-electron chi connectivity index (χ1n) is 5.70. The molecule has 0 spiro atoms. The van der Waals surface area contributed by atoms with Gasteiger partial charge in [-0.25, -0.2) is 0 Å². The van der Waals surface area contributed by atoms with Gasteiger partial charge >= 0.3 is 0 Å². The molecule has 1 amide bonds. The van der Waals surface area contributed by atoms with Crippen molar-refractivity contribution in [3.8, 4) is 11.5 Å². The Morgan fingerprint density at radius 1 is 1.56 bits per heavy atom.